The molecule has 0 amide bonds. The van der Waals surface area contributed by atoms with Crippen molar-refractivity contribution in [2.45, 2.75) is 71.8 Å². The highest BCUT2D eigenvalue weighted by Gasteiger charge is 2.21. The molecule has 1 N–H and O–H groups in total. The summed E-state index contributed by atoms with van der Waals surface area (Å²) in [5.74, 6) is -0.0911. The van der Waals surface area contributed by atoms with E-state index in [1.165, 1.54) is 11.1 Å². The van der Waals surface area contributed by atoms with E-state index in [1.807, 2.05) is 12.1 Å². The SMILES string of the molecule is C[C@@H](CC(=O)O)Oc1cc(C(C)(C)C)cc(C(C)(C)C)c1. The maximum Gasteiger partial charge on any atom is 0.307 e. The molecule has 0 aliphatic heterocycles. The second-order valence-electron chi connectivity index (χ2n) is 7.77. The molecular formula is C18H28O3. The third kappa shape index (κ3) is 5.41. The van der Waals surface area contributed by atoms with Gasteiger partial charge in [0.05, 0.1) is 6.42 Å². The van der Waals surface area contributed by atoms with Crippen LogP contribution >= 0.6 is 0 Å². The molecule has 0 bridgehead atoms. The van der Waals surface area contributed by atoms with Gasteiger partial charge in [0.15, 0.2) is 0 Å². The summed E-state index contributed by atoms with van der Waals surface area (Å²) in [7, 11) is 0. The van der Waals surface area contributed by atoms with Crippen LogP contribution in [0, 0.1) is 0 Å². The van der Waals surface area contributed by atoms with Crippen molar-refractivity contribution in [2.24, 2.45) is 0 Å². The van der Waals surface area contributed by atoms with E-state index in [0.29, 0.717) is 0 Å². The topological polar surface area (TPSA) is 46.5 Å². The third-order valence-corrected chi connectivity index (χ3v) is 3.44. The lowest BCUT2D eigenvalue weighted by atomic mass is 9.80. The fourth-order valence-electron chi connectivity index (χ4n) is 2.05. The second-order valence-corrected chi connectivity index (χ2v) is 7.77. The summed E-state index contributed by atoms with van der Waals surface area (Å²) in [4.78, 5) is 10.8. The van der Waals surface area contributed by atoms with Crippen LogP contribution < -0.4 is 4.74 Å². The zero-order valence-electron chi connectivity index (χ0n) is 14.3. The van der Waals surface area contributed by atoms with Gasteiger partial charge in [-0.25, -0.2) is 0 Å². The van der Waals surface area contributed by atoms with Crippen LogP contribution in [0.2, 0.25) is 0 Å². The van der Waals surface area contributed by atoms with Crippen LogP contribution in [0.5, 0.6) is 5.75 Å². The van der Waals surface area contributed by atoms with E-state index < -0.39 is 5.97 Å². The number of rotatable bonds is 4. The number of carboxylic acid groups (broad SMARTS) is 1. The molecule has 0 aliphatic rings. The molecule has 0 spiro atoms. The van der Waals surface area contributed by atoms with E-state index >= 15 is 0 Å². The molecule has 21 heavy (non-hydrogen) atoms. The van der Waals surface area contributed by atoms with Crippen molar-refractivity contribution in [1.29, 1.82) is 0 Å². The summed E-state index contributed by atoms with van der Waals surface area (Å²) in [6, 6.07) is 6.26. The largest absolute Gasteiger partial charge is 0.490 e. The van der Waals surface area contributed by atoms with Crippen molar-refractivity contribution in [1.82, 2.24) is 0 Å². The number of benzene rings is 1. The van der Waals surface area contributed by atoms with Crippen LogP contribution in [-0.2, 0) is 15.6 Å². The predicted molar refractivity (Wildman–Crippen MR) is 86.2 cm³/mol. The maximum atomic E-state index is 10.8. The van der Waals surface area contributed by atoms with Crippen molar-refractivity contribution in [3.05, 3.63) is 29.3 Å². The molecule has 0 radical (unpaired) electrons. The Labute approximate surface area is 128 Å². The monoisotopic (exact) mass is 292 g/mol. The van der Waals surface area contributed by atoms with Crippen molar-refractivity contribution in [3.8, 4) is 5.75 Å². The van der Waals surface area contributed by atoms with Crippen molar-refractivity contribution >= 4 is 5.97 Å². The first-order chi connectivity index (χ1) is 9.39. The van der Waals surface area contributed by atoms with E-state index in [-0.39, 0.29) is 23.4 Å². The first-order valence-corrected chi connectivity index (χ1v) is 7.44. The Morgan fingerprint density at radius 1 is 1.05 bits per heavy atom. The highest BCUT2D eigenvalue weighted by molar-refractivity contribution is 5.67. The van der Waals surface area contributed by atoms with Gasteiger partial charge in [0, 0.05) is 0 Å². The Bertz CT molecular complexity index is 472. The summed E-state index contributed by atoms with van der Waals surface area (Å²) < 4.78 is 5.82. The molecule has 0 aromatic heterocycles. The van der Waals surface area contributed by atoms with E-state index in [9.17, 15) is 4.79 Å². The summed E-state index contributed by atoms with van der Waals surface area (Å²) in [5, 5.41) is 8.85. The lowest BCUT2D eigenvalue weighted by Crippen LogP contribution is -2.19. The van der Waals surface area contributed by atoms with Gasteiger partial charge < -0.3 is 9.84 Å². The lowest BCUT2D eigenvalue weighted by molar-refractivity contribution is -0.138. The predicted octanol–water partition coefficient (Wildman–Crippen LogP) is 4.52. The first-order valence-electron chi connectivity index (χ1n) is 7.44. The molecular weight excluding hydrogens is 264 g/mol. The van der Waals surface area contributed by atoms with Crippen molar-refractivity contribution in [2.75, 3.05) is 0 Å². The van der Waals surface area contributed by atoms with Gasteiger partial charge in [-0.05, 0) is 41.0 Å². The van der Waals surface area contributed by atoms with Crippen LogP contribution in [0.25, 0.3) is 0 Å². The Morgan fingerprint density at radius 2 is 1.48 bits per heavy atom. The van der Waals surface area contributed by atoms with Gasteiger partial charge in [-0.3, -0.25) is 4.79 Å². The smallest absolute Gasteiger partial charge is 0.307 e. The van der Waals surface area contributed by atoms with Gasteiger partial charge in [0.1, 0.15) is 11.9 Å². The molecule has 0 fully saturated rings. The Kier molecular flexibility index (Phi) is 5.08. The van der Waals surface area contributed by atoms with E-state index in [2.05, 4.69) is 47.6 Å². The van der Waals surface area contributed by atoms with Gasteiger partial charge in [-0.15, -0.1) is 0 Å². The van der Waals surface area contributed by atoms with Gasteiger partial charge in [-0.2, -0.15) is 0 Å². The zero-order chi connectivity index (χ0) is 16.4. The van der Waals surface area contributed by atoms with Gasteiger partial charge in [-0.1, -0.05) is 47.6 Å². The number of aliphatic carboxylic acids is 1. The van der Waals surface area contributed by atoms with Crippen LogP contribution in [-0.4, -0.2) is 17.2 Å². The minimum Gasteiger partial charge on any atom is -0.490 e. The number of carbonyl (C=O) groups is 1. The molecule has 0 unspecified atom stereocenters. The van der Waals surface area contributed by atoms with Crippen LogP contribution in [0.1, 0.15) is 66.0 Å². The normalized spacial score (nSPS) is 13.9. The van der Waals surface area contributed by atoms with Crippen LogP contribution in [0.3, 0.4) is 0 Å². The Balaban J connectivity index is 3.17. The Morgan fingerprint density at radius 3 is 1.81 bits per heavy atom. The van der Waals surface area contributed by atoms with E-state index in [4.69, 9.17) is 9.84 Å². The fourth-order valence-corrected chi connectivity index (χ4v) is 2.05. The van der Waals surface area contributed by atoms with Crippen LogP contribution in [0.4, 0.5) is 0 Å². The molecule has 3 nitrogen and oxygen atoms in total. The number of ether oxygens (including phenoxy) is 1. The van der Waals surface area contributed by atoms with Gasteiger partial charge in [0.25, 0.3) is 0 Å². The third-order valence-electron chi connectivity index (χ3n) is 3.44. The van der Waals surface area contributed by atoms with Crippen molar-refractivity contribution < 1.29 is 14.6 Å². The quantitative estimate of drug-likeness (QED) is 0.887. The average Bonchev–Trinajstić information content (AvgIpc) is 2.24. The minimum absolute atomic E-state index is 0.00456. The number of carboxylic acids is 1. The fraction of sp³-hybridized carbons (Fsp3) is 0.611. The van der Waals surface area contributed by atoms with E-state index in [0.717, 1.165) is 5.75 Å². The first kappa shape index (κ1) is 17.5. The maximum absolute atomic E-state index is 10.8. The minimum atomic E-state index is -0.842. The zero-order valence-corrected chi connectivity index (χ0v) is 14.3. The summed E-state index contributed by atoms with van der Waals surface area (Å²) in [6.45, 7) is 14.8. The molecule has 3 heteroatoms. The van der Waals surface area contributed by atoms with Crippen LogP contribution in [0.15, 0.2) is 18.2 Å². The summed E-state index contributed by atoms with van der Waals surface area (Å²) >= 11 is 0. The average molecular weight is 292 g/mol. The standard InChI is InChI=1S/C18H28O3/c1-12(8-16(19)20)21-15-10-13(17(2,3)4)9-14(11-15)18(5,6)7/h9-12H,8H2,1-7H3,(H,19,20)/t12-/m0/s1. The van der Waals surface area contributed by atoms with E-state index in [1.54, 1.807) is 6.92 Å². The number of hydrogen-bond acceptors (Lipinski definition) is 2. The summed E-state index contributed by atoms with van der Waals surface area (Å²) in [5.41, 5.74) is 2.45. The Hall–Kier alpha value is -1.51. The highest BCUT2D eigenvalue weighted by atomic mass is 16.5. The molecule has 1 aromatic rings. The molecule has 0 aliphatic carbocycles. The molecule has 1 rings (SSSR count). The highest BCUT2D eigenvalue weighted by Crippen LogP contribution is 2.33. The molecule has 0 heterocycles. The molecule has 1 atom stereocenters. The molecule has 0 saturated heterocycles. The summed E-state index contributed by atoms with van der Waals surface area (Å²) in [6.07, 6.45) is -0.338. The number of hydrogen-bond donors (Lipinski definition) is 1. The molecule has 0 saturated carbocycles. The second kappa shape index (κ2) is 6.08. The van der Waals surface area contributed by atoms with Gasteiger partial charge in [0.2, 0.25) is 0 Å². The van der Waals surface area contributed by atoms with Gasteiger partial charge >= 0.3 is 5.97 Å². The molecule has 1 aromatic carbocycles. The lowest BCUT2D eigenvalue weighted by Gasteiger charge is -2.26. The molecule has 118 valence electrons. The van der Waals surface area contributed by atoms with Crippen molar-refractivity contribution in [3.63, 3.8) is 0 Å².